The molecule has 0 spiro atoms. The molecule has 0 bridgehead atoms. The normalized spacial score (nSPS) is 11.1. The second-order valence-electron chi connectivity index (χ2n) is 4.24. The van der Waals surface area contributed by atoms with E-state index in [1.54, 1.807) is 0 Å². The molecule has 0 fully saturated rings. The maximum absolute atomic E-state index is 12.2. The molecule has 0 atom stereocenters. The summed E-state index contributed by atoms with van der Waals surface area (Å²) < 4.78 is -0.324. The van der Waals surface area contributed by atoms with E-state index >= 15 is 0 Å². The molecule has 2 rings (SSSR count). The van der Waals surface area contributed by atoms with Crippen LogP contribution in [0.3, 0.4) is 0 Å². The molecule has 0 amide bonds. The molecule has 0 heterocycles. The number of halogens is 2. The molecular weight excluding hydrogens is 356 g/mol. The van der Waals surface area contributed by atoms with Gasteiger partial charge in [-0.25, -0.2) is 0 Å². The summed E-state index contributed by atoms with van der Waals surface area (Å²) >= 11 is 6.58. The lowest BCUT2D eigenvalue weighted by Gasteiger charge is -2.02. The first-order valence-electron chi connectivity index (χ1n) is 5.98. The zero-order chi connectivity index (χ0) is 13.1. The Balaban J connectivity index is 2.59. The zero-order valence-corrected chi connectivity index (χ0v) is 13.3. The molecule has 2 aliphatic rings. The standard InChI is InChI=1S/C15H14Br2O/c1-2-6-10-9-13(14(18)15(16)17)12-8-5-3-4-7-11(10)12/h3-5,7-9,15H,2,6H2,1H3. The highest BCUT2D eigenvalue weighted by molar-refractivity contribution is 9.25. The van der Waals surface area contributed by atoms with Crippen LogP contribution in [-0.2, 0) is 6.42 Å². The summed E-state index contributed by atoms with van der Waals surface area (Å²) in [6.07, 6.45) is 2.08. The number of rotatable bonds is 4. The molecule has 0 saturated heterocycles. The van der Waals surface area contributed by atoms with Crippen molar-refractivity contribution in [2.45, 2.75) is 23.5 Å². The average molecular weight is 370 g/mol. The lowest BCUT2D eigenvalue weighted by atomic mass is 10.0. The van der Waals surface area contributed by atoms with Gasteiger partial charge in [0.25, 0.3) is 0 Å². The highest BCUT2D eigenvalue weighted by Gasteiger charge is 2.22. The number of fused-ring (bicyclic) bond motifs is 1. The quantitative estimate of drug-likeness (QED) is 0.544. The van der Waals surface area contributed by atoms with E-state index in [0.29, 0.717) is 0 Å². The van der Waals surface area contributed by atoms with Crippen molar-refractivity contribution in [3.8, 4) is 11.1 Å². The minimum atomic E-state index is -0.324. The van der Waals surface area contributed by atoms with Gasteiger partial charge in [-0.2, -0.15) is 0 Å². The Labute approximate surface area is 124 Å². The highest BCUT2D eigenvalue weighted by atomic mass is 79.9. The van der Waals surface area contributed by atoms with Gasteiger partial charge in [-0.1, -0.05) is 75.5 Å². The van der Waals surface area contributed by atoms with E-state index in [2.05, 4.69) is 44.8 Å². The first-order valence-corrected chi connectivity index (χ1v) is 7.81. The predicted octanol–water partition coefficient (Wildman–Crippen LogP) is 5.04. The molecule has 0 aromatic carbocycles. The van der Waals surface area contributed by atoms with Crippen molar-refractivity contribution in [3.63, 3.8) is 0 Å². The first kappa shape index (κ1) is 13.8. The molecule has 0 unspecified atom stereocenters. The Hall–Kier alpha value is -0.670. The third-order valence-electron chi connectivity index (χ3n) is 2.98. The maximum atomic E-state index is 12.2. The summed E-state index contributed by atoms with van der Waals surface area (Å²) in [5.74, 6) is 0.0774. The molecule has 0 radical (unpaired) electrons. The fourth-order valence-electron chi connectivity index (χ4n) is 2.19. The molecule has 0 aliphatic heterocycles. The maximum Gasteiger partial charge on any atom is 0.187 e. The zero-order valence-electron chi connectivity index (χ0n) is 10.1. The van der Waals surface area contributed by atoms with Crippen LogP contribution in [0.4, 0.5) is 0 Å². The fraction of sp³-hybridized carbons (Fsp3) is 0.267. The topological polar surface area (TPSA) is 17.1 Å². The minimum absolute atomic E-state index is 0.0774. The van der Waals surface area contributed by atoms with Gasteiger partial charge in [0.1, 0.15) is 3.74 Å². The number of alkyl halides is 2. The van der Waals surface area contributed by atoms with Crippen molar-refractivity contribution in [1.29, 1.82) is 0 Å². The van der Waals surface area contributed by atoms with Gasteiger partial charge in [0, 0.05) is 5.56 Å². The molecule has 3 heteroatoms. The van der Waals surface area contributed by atoms with Crippen LogP contribution in [0.2, 0.25) is 0 Å². The van der Waals surface area contributed by atoms with Crippen LogP contribution < -0.4 is 0 Å². The number of hydrogen-bond donors (Lipinski definition) is 0. The van der Waals surface area contributed by atoms with Crippen LogP contribution in [0, 0.1) is 0 Å². The van der Waals surface area contributed by atoms with E-state index in [1.165, 1.54) is 11.1 Å². The summed E-state index contributed by atoms with van der Waals surface area (Å²) in [5.41, 5.74) is 4.28. The first-order chi connectivity index (χ1) is 8.65. The van der Waals surface area contributed by atoms with Crippen LogP contribution >= 0.6 is 31.9 Å². The lowest BCUT2D eigenvalue weighted by molar-refractivity contribution is 0.101. The van der Waals surface area contributed by atoms with E-state index in [-0.39, 0.29) is 9.52 Å². The van der Waals surface area contributed by atoms with Crippen molar-refractivity contribution in [3.05, 3.63) is 47.5 Å². The summed E-state index contributed by atoms with van der Waals surface area (Å²) in [6, 6.07) is 12.1. The number of carbonyl (C=O) groups is 1. The molecule has 1 nitrogen and oxygen atoms in total. The van der Waals surface area contributed by atoms with Gasteiger partial charge in [-0.15, -0.1) is 0 Å². The van der Waals surface area contributed by atoms with Gasteiger partial charge >= 0.3 is 0 Å². The van der Waals surface area contributed by atoms with E-state index in [4.69, 9.17) is 0 Å². The van der Waals surface area contributed by atoms with Gasteiger partial charge in [0.15, 0.2) is 5.78 Å². The molecule has 0 aromatic heterocycles. The van der Waals surface area contributed by atoms with Crippen molar-refractivity contribution < 1.29 is 4.79 Å². The minimum Gasteiger partial charge on any atom is -0.292 e. The number of carbonyl (C=O) groups excluding carboxylic acids is 1. The molecule has 18 heavy (non-hydrogen) atoms. The average Bonchev–Trinajstić information content (AvgIpc) is 2.53. The second-order valence-corrected chi connectivity index (χ2v) is 7.30. The van der Waals surface area contributed by atoms with E-state index in [9.17, 15) is 4.79 Å². The van der Waals surface area contributed by atoms with Gasteiger partial charge in [-0.3, -0.25) is 4.79 Å². The summed E-state index contributed by atoms with van der Waals surface area (Å²) in [7, 11) is 0. The highest BCUT2D eigenvalue weighted by Crippen LogP contribution is 2.34. The van der Waals surface area contributed by atoms with Crippen LogP contribution in [-0.4, -0.2) is 9.52 Å². The summed E-state index contributed by atoms with van der Waals surface area (Å²) in [6.45, 7) is 2.15. The second kappa shape index (κ2) is 5.98. The smallest absolute Gasteiger partial charge is 0.187 e. The van der Waals surface area contributed by atoms with Crippen LogP contribution in [0.1, 0.15) is 29.3 Å². The Morgan fingerprint density at radius 2 is 1.83 bits per heavy atom. The molecule has 94 valence electrons. The number of Topliss-reactive ketones (excluding diaryl/α,β-unsaturated/α-hetero) is 1. The molecular formula is C15H14Br2O. The summed E-state index contributed by atoms with van der Waals surface area (Å²) in [4.78, 5) is 12.2. The van der Waals surface area contributed by atoms with Crippen LogP contribution in [0.15, 0.2) is 36.4 Å². The Morgan fingerprint density at radius 3 is 2.44 bits per heavy atom. The van der Waals surface area contributed by atoms with Crippen molar-refractivity contribution in [2.24, 2.45) is 0 Å². The largest absolute Gasteiger partial charge is 0.292 e. The Kier molecular flexibility index (Phi) is 4.57. The molecule has 0 saturated carbocycles. The van der Waals surface area contributed by atoms with Gasteiger partial charge in [-0.05, 0) is 29.2 Å². The predicted molar refractivity (Wildman–Crippen MR) is 83.0 cm³/mol. The number of hydrogen-bond acceptors (Lipinski definition) is 1. The molecule has 0 N–H and O–H groups in total. The molecule has 0 aromatic rings. The van der Waals surface area contributed by atoms with E-state index < -0.39 is 0 Å². The molecule has 2 aliphatic carbocycles. The van der Waals surface area contributed by atoms with Crippen molar-refractivity contribution >= 4 is 37.6 Å². The van der Waals surface area contributed by atoms with E-state index in [1.807, 2.05) is 30.3 Å². The van der Waals surface area contributed by atoms with Gasteiger partial charge < -0.3 is 0 Å². The monoisotopic (exact) mass is 368 g/mol. The fourth-order valence-corrected chi connectivity index (χ4v) is 2.68. The third-order valence-corrected chi connectivity index (χ3v) is 3.81. The Bertz CT molecular complexity index is 534. The van der Waals surface area contributed by atoms with Crippen molar-refractivity contribution in [2.75, 3.05) is 0 Å². The van der Waals surface area contributed by atoms with Gasteiger partial charge in [0.05, 0.1) is 0 Å². The van der Waals surface area contributed by atoms with E-state index in [0.717, 1.165) is 24.0 Å². The lowest BCUT2D eigenvalue weighted by Crippen LogP contribution is -2.06. The Morgan fingerprint density at radius 1 is 1.17 bits per heavy atom. The number of aryl methyl sites for hydroxylation is 1. The third kappa shape index (κ3) is 2.67. The van der Waals surface area contributed by atoms with Crippen molar-refractivity contribution in [1.82, 2.24) is 0 Å². The van der Waals surface area contributed by atoms with Gasteiger partial charge in [0.2, 0.25) is 0 Å². The SMILES string of the molecule is CCCc1cc(C(=O)C(Br)Br)c2cccccc1-2. The summed E-state index contributed by atoms with van der Waals surface area (Å²) in [5, 5.41) is 0. The van der Waals surface area contributed by atoms with Crippen LogP contribution in [0.25, 0.3) is 11.1 Å². The number of ketones is 1. The van der Waals surface area contributed by atoms with Crippen LogP contribution in [0.5, 0.6) is 0 Å².